The molecule has 3 N–H and O–H groups in total. The lowest BCUT2D eigenvalue weighted by atomic mass is 10.2. The maximum atomic E-state index is 10.6. The molecule has 13 heavy (non-hydrogen) atoms. The maximum Gasteiger partial charge on any atom is 0.264 e. The Morgan fingerprint density at radius 1 is 1.69 bits per heavy atom. The highest BCUT2D eigenvalue weighted by molar-refractivity contribution is 5.32. The number of aliphatic hydroxyl groups is 1. The standard InChI is InChI=1S/C8H13N3O2/c1-6(4-5-12)9-7-2-3-8(13)11-10-7/h2-3,6,12H,4-5H2,1H3,(H,9,10)(H,11,13). The summed E-state index contributed by atoms with van der Waals surface area (Å²) in [5.41, 5.74) is -0.222. The van der Waals surface area contributed by atoms with Crippen LogP contribution >= 0.6 is 0 Å². The Labute approximate surface area is 75.8 Å². The highest BCUT2D eigenvalue weighted by atomic mass is 16.3. The van der Waals surface area contributed by atoms with Crippen molar-refractivity contribution in [1.82, 2.24) is 10.2 Å². The van der Waals surface area contributed by atoms with Crippen LogP contribution in [0.2, 0.25) is 0 Å². The van der Waals surface area contributed by atoms with E-state index < -0.39 is 0 Å². The minimum Gasteiger partial charge on any atom is -0.396 e. The molecule has 0 saturated carbocycles. The first-order chi connectivity index (χ1) is 6.22. The van der Waals surface area contributed by atoms with Crippen molar-refractivity contribution in [3.63, 3.8) is 0 Å². The Morgan fingerprint density at radius 3 is 3.00 bits per heavy atom. The summed E-state index contributed by atoms with van der Waals surface area (Å²) in [6.45, 7) is 2.07. The van der Waals surface area contributed by atoms with Gasteiger partial charge < -0.3 is 10.4 Å². The highest BCUT2D eigenvalue weighted by Gasteiger charge is 2.00. The molecule has 0 aliphatic rings. The molecule has 1 unspecified atom stereocenters. The van der Waals surface area contributed by atoms with E-state index in [4.69, 9.17) is 5.11 Å². The summed E-state index contributed by atoms with van der Waals surface area (Å²) >= 11 is 0. The molecule has 0 saturated heterocycles. The second-order valence-electron chi connectivity index (χ2n) is 2.86. The van der Waals surface area contributed by atoms with Gasteiger partial charge in [-0.2, -0.15) is 5.10 Å². The van der Waals surface area contributed by atoms with Crippen molar-refractivity contribution in [3.8, 4) is 0 Å². The molecule has 1 aromatic heterocycles. The molecule has 1 atom stereocenters. The van der Waals surface area contributed by atoms with Gasteiger partial charge in [0.15, 0.2) is 0 Å². The van der Waals surface area contributed by atoms with Crippen molar-refractivity contribution in [2.75, 3.05) is 11.9 Å². The first-order valence-corrected chi connectivity index (χ1v) is 4.15. The van der Waals surface area contributed by atoms with Gasteiger partial charge in [0.2, 0.25) is 0 Å². The molecular formula is C8H13N3O2. The number of hydrogen-bond donors (Lipinski definition) is 3. The summed E-state index contributed by atoms with van der Waals surface area (Å²) in [4.78, 5) is 10.6. The van der Waals surface area contributed by atoms with Gasteiger partial charge in [0, 0.05) is 18.7 Å². The van der Waals surface area contributed by atoms with Crippen LogP contribution in [0, 0.1) is 0 Å². The van der Waals surface area contributed by atoms with Crippen LogP contribution in [0.25, 0.3) is 0 Å². The Morgan fingerprint density at radius 2 is 2.46 bits per heavy atom. The van der Waals surface area contributed by atoms with Gasteiger partial charge in [0.05, 0.1) is 0 Å². The van der Waals surface area contributed by atoms with Crippen LogP contribution in [0.5, 0.6) is 0 Å². The Bertz CT molecular complexity index is 290. The van der Waals surface area contributed by atoms with Crippen LogP contribution in [0.3, 0.4) is 0 Å². The molecule has 1 heterocycles. The fourth-order valence-electron chi connectivity index (χ4n) is 0.943. The zero-order chi connectivity index (χ0) is 9.68. The summed E-state index contributed by atoms with van der Waals surface area (Å²) in [7, 11) is 0. The van der Waals surface area contributed by atoms with E-state index in [9.17, 15) is 4.79 Å². The highest BCUT2D eigenvalue weighted by Crippen LogP contribution is 2.01. The monoisotopic (exact) mass is 183 g/mol. The Kier molecular flexibility index (Phi) is 3.45. The second-order valence-corrected chi connectivity index (χ2v) is 2.86. The molecule has 0 fully saturated rings. The van der Waals surface area contributed by atoms with Crippen molar-refractivity contribution in [3.05, 3.63) is 22.5 Å². The lowest BCUT2D eigenvalue weighted by molar-refractivity contribution is 0.282. The zero-order valence-corrected chi connectivity index (χ0v) is 7.45. The lowest BCUT2D eigenvalue weighted by Crippen LogP contribution is -2.19. The van der Waals surface area contributed by atoms with E-state index in [0.717, 1.165) is 0 Å². The predicted molar refractivity (Wildman–Crippen MR) is 49.6 cm³/mol. The van der Waals surface area contributed by atoms with E-state index in [0.29, 0.717) is 12.2 Å². The molecule has 5 nitrogen and oxygen atoms in total. The number of aliphatic hydroxyl groups excluding tert-OH is 1. The van der Waals surface area contributed by atoms with Gasteiger partial charge >= 0.3 is 0 Å². The zero-order valence-electron chi connectivity index (χ0n) is 7.45. The first kappa shape index (κ1) is 9.73. The topological polar surface area (TPSA) is 78.0 Å². The quantitative estimate of drug-likeness (QED) is 0.611. The van der Waals surface area contributed by atoms with Gasteiger partial charge in [-0.05, 0) is 19.4 Å². The molecule has 0 bridgehead atoms. The SMILES string of the molecule is CC(CCO)Nc1ccc(=O)[nH]n1. The number of nitrogens with one attached hydrogen (secondary N) is 2. The number of hydrogen-bond acceptors (Lipinski definition) is 4. The molecule has 1 aromatic rings. The molecule has 0 amide bonds. The summed E-state index contributed by atoms with van der Waals surface area (Å²) in [6, 6.07) is 3.15. The largest absolute Gasteiger partial charge is 0.396 e. The Balaban J connectivity index is 2.54. The number of aromatic nitrogens is 2. The van der Waals surface area contributed by atoms with Gasteiger partial charge in [-0.3, -0.25) is 4.79 Å². The second kappa shape index (κ2) is 4.61. The molecule has 72 valence electrons. The molecule has 0 aliphatic heterocycles. The van der Waals surface area contributed by atoms with Gasteiger partial charge in [0.25, 0.3) is 5.56 Å². The number of H-pyrrole nitrogens is 1. The number of anilines is 1. The van der Waals surface area contributed by atoms with E-state index in [-0.39, 0.29) is 18.2 Å². The molecule has 5 heteroatoms. The molecule has 0 radical (unpaired) electrons. The van der Waals surface area contributed by atoms with E-state index in [1.165, 1.54) is 6.07 Å². The average molecular weight is 183 g/mol. The summed E-state index contributed by atoms with van der Waals surface area (Å²) < 4.78 is 0. The fraction of sp³-hybridized carbons (Fsp3) is 0.500. The van der Waals surface area contributed by atoms with Crippen molar-refractivity contribution >= 4 is 5.82 Å². The molecular weight excluding hydrogens is 170 g/mol. The van der Waals surface area contributed by atoms with Gasteiger partial charge in [0.1, 0.15) is 5.82 Å². The molecule has 0 aromatic carbocycles. The smallest absolute Gasteiger partial charge is 0.264 e. The van der Waals surface area contributed by atoms with E-state index in [1.807, 2.05) is 6.92 Å². The van der Waals surface area contributed by atoms with Gasteiger partial charge in [-0.1, -0.05) is 0 Å². The fourth-order valence-corrected chi connectivity index (χ4v) is 0.943. The third kappa shape index (κ3) is 3.25. The summed E-state index contributed by atoms with van der Waals surface area (Å²) in [5.74, 6) is 0.612. The van der Waals surface area contributed by atoms with E-state index in [1.54, 1.807) is 6.07 Å². The minimum atomic E-state index is -0.222. The number of rotatable bonds is 4. The van der Waals surface area contributed by atoms with Crippen LogP contribution in [0.15, 0.2) is 16.9 Å². The van der Waals surface area contributed by atoms with Crippen molar-refractivity contribution in [1.29, 1.82) is 0 Å². The lowest BCUT2D eigenvalue weighted by Gasteiger charge is -2.11. The van der Waals surface area contributed by atoms with Crippen molar-refractivity contribution in [2.24, 2.45) is 0 Å². The average Bonchev–Trinajstić information content (AvgIpc) is 2.09. The summed E-state index contributed by atoms with van der Waals surface area (Å²) in [6.07, 6.45) is 0.654. The summed E-state index contributed by atoms with van der Waals surface area (Å²) in [5, 5.41) is 17.8. The number of aromatic amines is 1. The third-order valence-corrected chi connectivity index (χ3v) is 1.64. The van der Waals surface area contributed by atoms with Crippen LogP contribution < -0.4 is 10.9 Å². The van der Waals surface area contributed by atoms with E-state index >= 15 is 0 Å². The molecule has 0 aliphatic carbocycles. The first-order valence-electron chi connectivity index (χ1n) is 4.15. The van der Waals surface area contributed by atoms with Crippen molar-refractivity contribution in [2.45, 2.75) is 19.4 Å². The molecule has 0 spiro atoms. The van der Waals surface area contributed by atoms with Crippen LogP contribution in [-0.2, 0) is 0 Å². The number of nitrogens with zero attached hydrogens (tertiary/aromatic N) is 1. The minimum absolute atomic E-state index is 0.136. The van der Waals surface area contributed by atoms with Crippen LogP contribution in [0.4, 0.5) is 5.82 Å². The predicted octanol–water partition coefficient (Wildman–Crippen LogP) is -0.0473. The van der Waals surface area contributed by atoms with Crippen LogP contribution in [-0.4, -0.2) is 28.0 Å². The normalized spacial score (nSPS) is 12.5. The maximum absolute atomic E-state index is 10.6. The molecule has 1 rings (SSSR count). The van der Waals surface area contributed by atoms with Gasteiger partial charge in [-0.25, -0.2) is 5.10 Å². The third-order valence-electron chi connectivity index (χ3n) is 1.64. The van der Waals surface area contributed by atoms with Crippen molar-refractivity contribution < 1.29 is 5.11 Å². The van der Waals surface area contributed by atoms with Gasteiger partial charge in [-0.15, -0.1) is 0 Å². The van der Waals surface area contributed by atoms with Crippen LogP contribution in [0.1, 0.15) is 13.3 Å². The van der Waals surface area contributed by atoms with E-state index in [2.05, 4.69) is 15.5 Å². The Hall–Kier alpha value is -1.36.